The topological polar surface area (TPSA) is 104 Å². The summed E-state index contributed by atoms with van der Waals surface area (Å²) in [6, 6.07) is 12.6. The quantitative estimate of drug-likeness (QED) is 0.549. The van der Waals surface area contributed by atoms with Gasteiger partial charge in [-0.05, 0) is 55.3 Å². The first kappa shape index (κ1) is 22.3. The summed E-state index contributed by atoms with van der Waals surface area (Å²) in [6.45, 7) is -0.149. The highest BCUT2D eigenvalue weighted by molar-refractivity contribution is 9.10. The van der Waals surface area contributed by atoms with Crippen molar-refractivity contribution in [3.05, 3.63) is 58.6 Å². The summed E-state index contributed by atoms with van der Waals surface area (Å²) in [5, 5.41) is 5.48. The van der Waals surface area contributed by atoms with E-state index in [-0.39, 0.29) is 29.0 Å². The SMILES string of the molecule is O=C(CNC(=O)c1cccc(S(=O)(=O)Nc2ccc(Br)cc2)c1)NC1CCCCC1. The predicted molar refractivity (Wildman–Crippen MR) is 119 cm³/mol. The fourth-order valence-corrected chi connectivity index (χ4v) is 4.69. The molecule has 0 aromatic heterocycles. The molecule has 30 heavy (non-hydrogen) atoms. The van der Waals surface area contributed by atoms with Crippen molar-refractivity contribution in [2.24, 2.45) is 0 Å². The third kappa shape index (κ3) is 6.30. The van der Waals surface area contributed by atoms with E-state index in [1.165, 1.54) is 30.7 Å². The van der Waals surface area contributed by atoms with E-state index in [0.717, 1.165) is 30.2 Å². The molecule has 0 aliphatic heterocycles. The van der Waals surface area contributed by atoms with Crippen LogP contribution in [0.5, 0.6) is 0 Å². The zero-order valence-electron chi connectivity index (χ0n) is 16.4. The van der Waals surface area contributed by atoms with E-state index in [4.69, 9.17) is 0 Å². The summed E-state index contributed by atoms with van der Waals surface area (Å²) in [7, 11) is -3.86. The molecule has 1 saturated carbocycles. The van der Waals surface area contributed by atoms with Crippen LogP contribution in [0.4, 0.5) is 5.69 Å². The van der Waals surface area contributed by atoms with Gasteiger partial charge in [0.1, 0.15) is 0 Å². The number of halogens is 1. The van der Waals surface area contributed by atoms with E-state index in [1.807, 2.05) is 0 Å². The van der Waals surface area contributed by atoms with E-state index >= 15 is 0 Å². The van der Waals surface area contributed by atoms with Gasteiger partial charge in [0.05, 0.1) is 11.4 Å². The number of sulfonamides is 1. The van der Waals surface area contributed by atoms with E-state index in [1.54, 1.807) is 24.3 Å². The second-order valence-electron chi connectivity index (χ2n) is 7.23. The van der Waals surface area contributed by atoms with Crippen molar-refractivity contribution in [3.8, 4) is 0 Å². The third-order valence-electron chi connectivity index (χ3n) is 4.88. The van der Waals surface area contributed by atoms with Gasteiger partial charge >= 0.3 is 0 Å². The maximum atomic E-state index is 12.6. The molecule has 7 nitrogen and oxygen atoms in total. The molecule has 1 aliphatic carbocycles. The minimum absolute atomic E-state index is 0.0373. The molecule has 1 aliphatic rings. The number of hydrogen-bond acceptors (Lipinski definition) is 4. The Morgan fingerprint density at radius 2 is 1.70 bits per heavy atom. The van der Waals surface area contributed by atoms with Crippen LogP contribution in [-0.2, 0) is 14.8 Å². The molecular formula is C21H24BrN3O4S. The Labute approximate surface area is 184 Å². The van der Waals surface area contributed by atoms with Crippen LogP contribution in [0.25, 0.3) is 0 Å². The lowest BCUT2D eigenvalue weighted by atomic mass is 9.95. The van der Waals surface area contributed by atoms with Gasteiger partial charge in [-0.15, -0.1) is 0 Å². The van der Waals surface area contributed by atoms with Gasteiger partial charge in [-0.25, -0.2) is 8.42 Å². The van der Waals surface area contributed by atoms with E-state index in [9.17, 15) is 18.0 Å². The van der Waals surface area contributed by atoms with Crippen LogP contribution in [0.3, 0.4) is 0 Å². The van der Waals surface area contributed by atoms with Crippen LogP contribution in [0.15, 0.2) is 57.9 Å². The normalized spacial score (nSPS) is 14.7. The molecule has 3 rings (SSSR count). The van der Waals surface area contributed by atoms with E-state index < -0.39 is 15.9 Å². The molecule has 2 aromatic carbocycles. The number of nitrogens with one attached hydrogen (secondary N) is 3. The van der Waals surface area contributed by atoms with Gasteiger partial charge in [-0.3, -0.25) is 14.3 Å². The minimum Gasteiger partial charge on any atom is -0.352 e. The minimum atomic E-state index is -3.86. The zero-order valence-corrected chi connectivity index (χ0v) is 18.8. The molecule has 0 atom stereocenters. The molecule has 160 valence electrons. The molecule has 2 aromatic rings. The molecule has 3 N–H and O–H groups in total. The monoisotopic (exact) mass is 493 g/mol. The van der Waals surface area contributed by atoms with Gasteiger partial charge in [0.15, 0.2) is 0 Å². The standard InChI is InChI=1S/C21H24BrN3O4S/c22-16-9-11-18(12-10-16)25-30(28,29)19-8-4-5-15(13-19)21(27)23-14-20(26)24-17-6-2-1-3-7-17/h4-5,8-13,17,25H,1-3,6-7,14H2,(H,23,27)(H,24,26). The van der Waals surface area contributed by atoms with Crippen LogP contribution < -0.4 is 15.4 Å². The number of hydrogen-bond donors (Lipinski definition) is 3. The molecule has 0 bridgehead atoms. The maximum absolute atomic E-state index is 12.6. The smallest absolute Gasteiger partial charge is 0.261 e. The lowest BCUT2D eigenvalue weighted by molar-refractivity contribution is -0.121. The van der Waals surface area contributed by atoms with Crippen LogP contribution >= 0.6 is 15.9 Å². The zero-order chi connectivity index (χ0) is 21.6. The molecule has 9 heteroatoms. The van der Waals surface area contributed by atoms with Gasteiger partial charge in [-0.2, -0.15) is 0 Å². The van der Waals surface area contributed by atoms with Crippen molar-refractivity contribution in [2.75, 3.05) is 11.3 Å². The highest BCUT2D eigenvalue weighted by atomic mass is 79.9. The maximum Gasteiger partial charge on any atom is 0.261 e. The number of anilines is 1. The van der Waals surface area contributed by atoms with Crippen molar-refractivity contribution < 1.29 is 18.0 Å². The summed E-state index contributed by atoms with van der Waals surface area (Å²) >= 11 is 3.30. The van der Waals surface area contributed by atoms with Gasteiger partial charge in [0.2, 0.25) is 5.91 Å². The van der Waals surface area contributed by atoms with Crippen LogP contribution in [-0.4, -0.2) is 32.8 Å². The molecule has 1 fully saturated rings. The largest absolute Gasteiger partial charge is 0.352 e. The van der Waals surface area contributed by atoms with Crippen LogP contribution in [0, 0.1) is 0 Å². The summed E-state index contributed by atoms with van der Waals surface area (Å²) in [5.41, 5.74) is 0.576. The molecule has 2 amide bonds. The molecule has 0 unspecified atom stereocenters. The summed E-state index contributed by atoms with van der Waals surface area (Å²) in [5.74, 6) is -0.745. The van der Waals surface area contributed by atoms with Gasteiger partial charge in [0, 0.05) is 21.8 Å². The van der Waals surface area contributed by atoms with Gasteiger partial charge in [0.25, 0.3) is 15.9 Å². The fraction of sp³-hybridized carbons (Fsp3) is 0.333. The van der Waals surface area contributed by atoms with E-state index in [2.05, 4.69) is 31.3 Å². The number of carbonyl (C=O) groups excluding carboxylic acids is 2. The number of rotatable bonds is 7. The number of benzene rings is 2. The number of amides is 2. The second kappa shape index (κ2) is 10.1. The van der Waals surface area contributed by atoms with Crippen molar-refractivity contribution in [1.82, 2.24) is 10.6 Å². The van der Waals surface area contributed by atoms with Crippen molar-refractivity contribution in [2.45, 2.75) is 43.0 Å². The Morgan fingerprint density at radius 1 is 1.00 bits per heavy atom. The van der Waals surface area contributed by atoms with Crippen molar-refractivity contribution in [1.29, 1.82) is 0 Å². The van der Waals surface area contributed by atoms with Gasteiger partial charge < -0.3 is 10.6 Å². The van der Waals surface area contributed by atoms with Crippen LogP contribution in [0.1, 0.15) is 42.5 Å². The van der Waals surface area contributed by atoms with Gasteiger partial charge in [-0.1, -0.05) is 41.3 Å². The van der Waals surface area contributed by atoms with Crippen molar-refractivity contribution >= 4 is 43.5 Å². The first-order valence-corrected chi connectivity index (χ1v) is 12.1. The summed E-state index contributed by atoms with van der Waals surface area (Å²) < 4.78 is 28.6. The van der Waals surface area contributed by atoms with Crippen molar-refractivity contribution in [3.63, 3.8) is 0 Å². The summed E-state index contributed by atoms with van der Waals surface area (Å²) in [6.07, 6.45) is 5.33. The molecule has 0 saturated heterocycles. The lowest BCUT2D eigenvalue weighted by Crippen LogP contribution is -2.42. The first-order valence-electron chi connectivity index (χ1n) is 9.79. The Morgan fingerprint density at radius 3 is 2.40 bits per heavy atom. The summed E-state index contributed by atoms with van der Waals surface area (Å²) in [4.78, 5) is 24.4. The predicted octanol–water partition coefficient (Wildman–Crippen LogP) is 3.43. The van der Waals surface area contributed by atoms with Crippen LogP contribution in [0.2, 0.25) is 0 Å². The highest BCUT2D eigenvalue weighted by Gasteiger charge is 2.18. The average molecular weight is 494 g/mol. The Hall–Kier alpha value is -2.39. The number of carbonyl (C=O) groups is 2. The Balaban J connectivity index is 1.60. The second-order valence-corrected chi connectivity index (χ2v) is 9.82. The lowest BCUT2D eigenvalue weighted by Gasteiger charge is -2.22. The highest BCUT2D eigenvalue weighted by Crippen LogP contribution is 2.20. The third-order valence-corrected chi connectivity index (χ3v) is 6.79. The molecule has 0 heterocycles. The fourth-order valence-electron chi connectivity index (χ4n) is 3.32. The Kier molecular flexibility index (Phi) is 7.49. The average Bonchev–Trinajstić information content (AvgIpc) is 2.74. The van der Waals surface area contributed by atoms with E-state index in [0.29, 0.717) is 5.69 Å². The first-order chi connectivity index (χ1) is 14.3. The molecular weight excluding hydrogens is 470 g/mol. The molecule has 0 radical (unpaired) electrons. The Bertz CT molecular complexity index is 1000. The molecule has 0 spiro atoms.